The van der Waals surface area contributed by atoms with Crippen LogP contribution in [0.4, 0.5) is 22.4 Å². The van der Waals surface area contributed by atoms with Crippen LogP contribution in [-0.4, -0.2) is 28.6 Å². The van der Waals surface area contributed by atoms with Crippen LogP contribution in [0.25, 0.3) is 0 Å². The highest BCUT2D eigenvalue weighted by Gasteiger charge is 2.64. The van der Waals surface area contributed by atoms with E-state index in [1.165, 1.54) is 12.1 Å². The summed E-state index contributed by atoms with van der Waals surface area (Å²) in [7, 11) is 0. The van der Waals surface area contributed by atoms with E-state index in [9.17, 15) is 27.2 Å². The number of hydrogen-bond donors (Lipinski definition) is 1. The number of amides is 3. The first-order valence-corrected chi connectivity index (χ1v) is 6.51. The quantitative estimate of drug-likeness (QED) is 0.644. The molecule has 2 rings (SSSR count). The molecule has 1 aliphatic heterocycles. The maximum absolute atomic E-state index is 13.4. The van der Waals surface area contributed by atoms with Crippen LogP contribution >= 0.6 is 15.9 Å². The monoisotopic (exact) mass is 368 g/mol. The summed E-state index contributed by atoms with van der Waals surface area (Å²) in [4.78, 5) is 23.9. The number of halogens is 5. The minimum Gasteiger partial charge on any atom is -0.316 e. The Morgan fingerprint density at radius 1 is 1.33 bits per heavy atom. The molecule has 1 N–H and O–H groups in total. The van der Waals surface area contributed by atoms with E-state index in [0.29, 0.717) is 11.8 Å². The van der Waals surface area contributed by atoms with Gasteiger partial charge in [-0.25, -0.2) is 9.18 Å². The lowest BCUT2D eigenvalue weighted by Gasteiger charge is -2.24. The highest BCUT2D eigenvalue weighted by molar-refractivity contribution is 9.10. The standard InChI is InChI=1S/C12H9BrF4N2O2/c1-11(12(15,16)17)9(20)19(10(21)18-11)5-6-3-2-4-7(14)8(6)13/h2-4H,5H2,1H3,(H,18,21). The molecule has 0 aromatic heterocycles. The smallest absolute Gasteiger partial charge is 0.316 e. The Kier molecular flexibility index (Phi) is 3.73. The van der Waals surface area contributed by atoms with Gasteiger partial charge in [0.25, 0.3) is 5.91 Å². The molecule has 1 unspecified atom stereocenters. The first-order valence-electron chi connectivity index (χ1n) is 5.71. The van der Waals surface area contributed by atoms with E-state index in [1.807, 2.05) is 0 Å². The average molecular weight is 369 g/mol. The number of imide groups is 1. The summed E-state index contributed by atoms with van der Waals surface area (Å²) in [6.07, 6.45) is -4.92. The number of carbonyl (C=O) groups is 2. The molecular weight excluding hydrogens is 360 g/mol. The van der Waals surface area contributed by atoms with E-state index < -0.39 is 36.0 Å². The molecule has 1 aromatic carbocycles. The Bertz CT molecular complexity index is 620. The Morgan fingerprint density at radius 2 is 1.95 bits per heavy atom. The topological polar surface area (TPSA) is 49.4 Å². The van der Waals surface area contributed by atoms with Crippen LogP contribution in [0.3, 0.4) is 0 Å². The molecule has 1 heterocycles. The fourth-order valence-electron chi connectivity index (χ4n) is 1.87. The second-order valence-electron chi connectivity index (χ2n) is 4.66. The summed E-state index contributed by atoms with van der Waals surface area (Å²) in [5.41, 5.74) is -2.78. The molecule has 1 atom stereocenters. The molecule has 0 bridgehead atoms. The van der Waals surface area contributed by atoms with Gasteiger partial charge in [0.2, 0.25) is 5.54 Å². The number of nitrogens with zero attached hydrogens (tertiary/aromatic N) is 1. The molecule has 4 nitrogen and oxygen atoms in total. The SMILES string of the molecule is CC1(C(F)(F)F)NC(=O)N(Cc2cccc(F)c2Br)C1=O. The molecule has 1 aromatic rings. The fraction of sp³-hybridized carbons (Fsp3) is 0.333. The van der Waals surface area contributed by atoms with Crippen LogP contribution in [-0.2, 0) is 11.3 Å². The summed E-state index contributed by atoms with van der Waals surface area (Å²) >= 11 is 2.93. The number of benzene rings is 1. The summed E-state index contributed by atoms with van der Waals surface area (Å²) < 4.78 is 52.0. The molecule has 1 saturated heterocycles. The van der Waals surface area contributed by atoms with Gasteiger partial charge in [-0.3, -0.25) is 9.69 Å². The van der Waals surface area contributed by atoms with Crippen molar-refractivity contribution in [3.8, 4) is 0 Å². The van der Waals surface area contributed by atoms with Crippen molar-refractivity contribution < 1.29 is 27.2 Å². The Morgan fingerprint density at radius 3 is 2.48 bits per heavy atom. The number of urea groups is 1. The second-order valence-corrected chi connectivity index (χ2v) is 5.45. The highest BCUT2D eigenvalue weighted by atomic mass is 79.9. The van der Waals surface area contributed by atoms with Crippen molar-refractivity contribution >= 4 is 27.9 Å². The van der Waals surface area contributed by atoms with Crippen molar-refractivity contribution in [3.05, 3.63) is 34.1 Å². The van der Waals surface area contributed by atoms with Gasteiger partial charge in [-0.15, -0.1) is 0 Å². The Balaban J connectivity index is 2.32. The lowest BCUT2D eigenvalue weighted by molar-refractivity contribution is -0.191. The van der Waals surface area contributed by atoms with Gasteiger partial charge in [0.15, 0.2) is 0 Å². The van der Waals surface area contributed by atoms with Crippen LogP contribution < -0.4 is 5.32 Å². The minimum atomic E-state index is -4.92. The molecule has 9 heteroatoms. The van der Waals surface area contributed by atoms with Crippen LogP contribution in [0.2, 0.25) is 0 Å². The number of hydrogen-bond acceptors (Lipinski definition) is 2. The maximum atomic E-state index is 13.4. The minimum absolute atomic E-state index is 0.00814. The van der Waals surface area contributed by atoms with Gasteiger partial charge in [0.1, 0.15) is 5.82 Å². The number of carbonyl (C=O) groups excluding carboxylic acids is 2. The van der Waals surface area contributed by atoms with Crippen molar-refractivity contribution in [2.75, 3.05) is 0 Å². The molecular formula is C12H9BrF4N2O2. The number of alkyl halides is 3. The molecule has 0 spiro atoms. The molecule has 1 fully saturated rings. The molecule has 0 aliphatic carbocycles. The van der Waals surface area contributed by atoms with Gasteiger partial charge < -0.3 is 5.32 Å². The zero-order valence-electron chi connectivity index (χ0n) is 10.6. The van der Waals surface area contributed by atoms with Crippen LogP contribution in [0.5, 0.6) is 0 Å². The highest BCUT2D eigenvalue weighted by Crippen LogP contribution is 2.36. The van der Waals surface area contributed by atoms with Gasteiger partial charge in [-0.2, -0.15) is 13.2 Å². The third-order valence-electron chi connectivity index (χ3n) is 3.20. The molecule has 21 heavy (non-hydrogen) atoms. The van der Waals surface area contributed by atoms with Crippen LogP contribution in [0.1, 0.15) is 12.5 Å². The van der Waals surface area contributed by atoms with E-state index in [0.717, 1.165) is 6.07 Å². The van der Waals surface area contributed by atoms with Crippen molar-refractivity contribution in [2.24, 2.45) is 0 Å². The normalized spacial score (nSPS) is 22.7. The second kappa shape index (κ2) is 4.97. The van der Waals surface area contributed by atoms with E-state index in [2.05, 4.69) is 15.9 Å². The van der Waals surface area contributed by atoms with E-state index in [4.69, 9.17) is 0 Å². The fourth-order valence-corrected chi connectivity index (χ4v) is 2.26. The van der Waals surface area contributed by atoms with Gasteiger partial charge >= 0.3 is 12.2 Å². The van der Waals surface area contributed by atoms with Gasteiger partial charge in [-0.05, 0) is 34.5 Å². The number of nitrogens with one attached hydrogen (secondary N) is 1. The van der Waals surface area contributed by atoms with Crippen molar-refractivity contribution in [2.45, 2.75) is 25.2 Å². The molecule has 1 aliphatic rings. The lowest BCUT2D eigenvalue weighted by atomic mass is 10.0. The predicted octanol–water partition coefficient (Wildman–Crippen LogP) is 2.96. The molecule has 114 valence electrons. The van der Waals surface area contributed by atoms with Gasteiger partial charge in [0, 0.05) is 0 Å². The van der Waals surface area contributed by atoms with Crippen molar-refractivity contribution in [1.29, 1.82) is 0 Å². The molecule has 0 radical (unpaired) electrons. The molecule has 0 saturated carbocycles. The summed E-state index contributed by atoms with van der Waals surface area (Å²) in [6.45, 7) is 0.128. The largest absolute Gasteiger partial charge is 0.420 e. The average Bonchev–Trinajstić information content (AvgIpc) is 2.59. The zero-order valence-corrected chi connectivity index (χ0v) is 12.2. The summed E-state index contributed by atoms with van der Waals surface area (Å²) in [5.74, 6) is -2.06. The van der Waals surface area contributed by atoms with E-state index in [-0.39, 0.29) is 10.0 Å². The van der Waals surface area contributed by atoms with Crippen LogP contribution in [0, 0.1) is 5.82 Å². The first-order chi connectivity index (χ1) is 9.58. The third kappa shape index (κ3) is 2.50. The van der Waals surface area contributed by atoms with Crippen molar-refractivity contribution in [1.82, 2.24) is 10.2 Å². The van der Waals surface area contributed by atoms with Crippen molar-refractivity contribution in [3.63, 3.8) is 0 Å². The molecule has 3 amide bonds. The van der Waals surface area contributed by atoms with Gasteiger partial charge in [0.05, 0.1) is 11.0 Å². The number of rotatable bonds is 2. The summed E-state index contributed by atoms with van der Waals surface area (Å²) in [6, 6.07) is 2.70. The van der Waals surface area contributed by atoms with E-state index in [1.54, 1.807) is 5.32 Å². The van der Waals surface area contributed by atoms with E-state index >= 15 is 0 Å². The zero-order chi connectivity index (χ0) is 16.0. The van der Waals surface area contributed by atoms with Crippen LogP contribution in [0.15, 0.2) is 22.7 Å². The maximum Gasteiger partial charge on any atom is 0.420 e. The summed E-state index contributed by atoms with van der Waals surface area (Å²) in [5, 5.41) is 1.63. The lowest BCUT2D eigenvalue weighted by Crippen LogP contribution is -2.56. The third-order valence-corrected chi connectivity index (χ3v) is 4.09. The predicted molar refractivity (Wildman–Crippen MR) is 67.6 cm³/mol. The first kappa shape index (κ1) is 15.7. The Labute approximate surface area is 125 Å². The van der Waals surface area contributed by atoms with Gasteiger partial charge in [-0.1, -0.05) is 12.1 Å². The Hall–Kier alpha value is -1.64.